The first-order valence-corrected chi connectivity index (χ1v) is 9.00. The molecule has 2 rings (SSSR count). The second kappa shape index (κ2) is 10.1. The monoisotopic (exact) mass is 342 g/mol. The van der Waals surface area contributed by atoms with Gasteiger partial charge in [-0.3, -0.25) is 4.79 Å². The number of thioether (sulfide) groups is 1. The van der Waals surface area contributed by atoms with Crippen LogP contribution < -0.4 is 5.32 Å². The molecule has 1 aromatic rings. The lowest BCUT2D eigenvalue weighted by Crippen LogP contribution is -2.44. The molecule has 1 N–H and O–H groups in total. The predicted octanol–water partition coefficient (Wildman–Crippen LogP) is 3.33. The van der Waals surface area contributed by atoms with Crippen LogP contribution in [0.25, 0.3) is 0 Å². The van der Waals surface area contributed by atoms with Gasteiger partial charge >= 0.3 is 0 Å². The fraction of sp³-hybridized carbons (Fsp3) is 0.588. The van der Waals surface area contributed by atoms with Crippen LogP contribution in [0.15, 0.2) is 30.3 Å². The van der Waals surface area contributed by atoms with Crippen molar-refractivity contribution >= 4 is 30.1 Å². The lowest BCUT2D eigenvalue weighted by atomic mass is 10.1. The van der Waals surface area contributed by atoms with E-state index in [0.29, 0.717) is 19.0 Å². The predicted molar refractivity (Wildman–Crippen MR) is 97.7 cm³/mol. The second-order valence-electron chi connectivity index (χ2n) is 5.69. The molecule has 2 unspecified atom stereocenters. The van der Waals surface area contributed by atoms with Gasteiger partial charge in [-0.2, -0.15) is 11.8 Å². The summed E-state index contributed by atoms with van der Waals surface area (Å²) in [4.78, 5) is 14.7. The molecular weight excluding hydrogens is 316 g/mol. The van der Waals surface area contributed by atoms with E-state index in [-0.39, 0.29) is 24.4 Å². The minimum absolute atomic E-state index is 0. The molecule has 1 heterocycles. The summed E-state index contributed by atoms with van der Waals surface area (Å²) < 4.78 is 0. The summed E-state index contributed by atoms with van der Waals surface area (Å²) in [6.45, 7) is 6.02. The van der Waals surface area contributed by atoms with Gasteiger partial charge in [-0.1, -0.05) is 37.3 Å². The number of nitrogens with zero attached hydrogens (tertiary/aromatic N) is 1. The molecule has 0 aliphatic carbocycles. The van der Waals surface area contributed by atoms with Crippen LogP contribution in [-0.2, 0) is 11.3 Å². The largest absolute Gasteiger partial charge is 0.336 e. The van der Waals surface area contributed by atoms with Gasteiger partial charge in [-0.05, 0) is 18.9 Å². The Hall–Kier alpha value is -0.710. The van der Waals surface area contributed by atoms with Crippen LogP contribution in [0.3, 0.4) is 0 Å². The van der Waals surface area contributed by atoms with E-state index in [1.54, 1.807) is 0 Å². The molecule has 3 nitrogen and oxygen atoms in total. The minimum atomic E-state index is 0. The number of amides is 1. The van der Waals surface area contributed by atoms with Gasteiger partial charge in [-0.25, -0.2) is 0 Å². The Balaban J connectivity index is 0.00000242. The molecule has 124 valence electrons. The highest BCUT2D eigenvalue weighted by Gasteiger charge is 2.23. The second-order valence-corrected chi connectivity index (χ2v) is 6.84. The lowest BCUT2D eigenvalue weighted by Gasteiger charge is -2.31. The average Bonchev–Trinajstić information content (AvgIpc) is 2.53. The SMILES string of the molecule is CCC(C)N(Cc1ccccc1)C(=O)CC1CSCCN1.Cl. The van der Waals surface area contributed by atoms with Gasteiger partial charge in [0.2, 0.25) is 5.91 Å². The van der Waals surface area contributed by atoms with Gasteiger partial charge in [0.25, 0.3) is 0 Å². The molecule has 1 amide bonds. The Bertz CT molecular complexity index is 438. The van der Waals surface area contributed by atoms with Crippen molar-refractivity contribution in [2.24, 2.45) is 0 Å². The zero-order chi connectivity index (χ0) is 15.1. The summed E-state index contributed by atoms with van der Waals surface area (Å²) in [5, 5.41) is 3.46. The van der Waals surface area contributed by atoms with E-state index in [9.17, 15) is 4.79 Å². The van der Waals surface area contributed by atoms with Crippen LogP contribution in [0, 0.1) is 0 Å². The maximum absolute atomic E-state index is 12.7. The number of halogens is 1. The quantitative estimate of drug-likeness (QED) is 0.860. The van der Waals surface area contributed by atoms with Crippen LogP contribution in [0.1, 0.15) is 32.3 Å². The Labute approximate surface area is 144 Å². The first-order valence-electron chi connectivity index (χ1n) is 7.85. The summed E-state index contributed by atoms with van der Waals surface area (Å²) in [6, 6.07) is 10.9. The van der Waals surface area contributed by atoms with Crippen LogP contribution in [0.5, 0.6) is 0 Å². The molecule has 1 aromatic carbocycles. The van der Waals surface area contributed by atoms with Crippen molar-refractivity contribution in [3.05, 3.63) is 35.9 Å². The van der Waals surface area contributed by atoms with Crippen LogP contribution in [0.2, 0.25) is 0 Å². The standard InChI is InChI=1S/C17H26N2OS.ClH/c1-3-14(2)19(12-15-7-5-4-6-8-15)17(20)11-16-13-21-10-9-18-16;/h4-8,14,16,18H,3,9-13H2,1-2H3;1H. The third kappa shape index (κ3) is 5.82. The third-order valence-corrected chi connectivity index (χ3v) is 5.19. The van der Waals surface area contributed by atoms with Crippen molar-refractivity contribution in [1.29, 1.82) is 0 Å². The lowest BCUT2D eigenvalue weighted by molar-refractivity contribution is -0.134. The van der Waals surface area contributed by atoms with E-state index in [0.717, 1.165) is 24.5 Å². The summed E-state index contributed by atoms with van der Waals surface area (Å²) in [5.74, 6) is 2.48. The number of carbonyl (C=O) groups excluding carboxylic acids is 1. The van der Waals surface area contributed by atoms with Crippen molar-refractivity contribution < 1.29 is 4.79 Å². The number of nitrogens with one attached hydrogen (secondary N) is 1. The van der Waals surface area contributed by atoms with Gasteiger partial charge in [0, 0.05) is 43.1 Å². The van der Waals surface area contributed by atoms with Gasteiger partial charge in [0.05, 0.1) is 0 Å². The fourth-order valence-corrected chi connectivity index (χ4v) is 3.52. The fourth-order valence-electron chi connectivity index (χ4n) is 2.57. The minimum Gasteiger partial charge on any atom is -0.336 e. The molecule has 0 spiro atoms. The molecule has 5 heteroatoms. The molecule has 1 aliphatic heterocycles. The van der Waals surface area contributed by atoms with Crippen molar-refractivity contribution in [1.82, 2.24) is 10.2 Å². The number of rotatable bonds is 6. The molecular formula is C17H27ClN2OS. The maximum atomic E-state index is 12.7. The Morgan fingerprint density at radius 3 is 2.73 bits per heavy atom. The smallest absolute Gasteiger partial charge is 0.224 e. The summed E-state index contributed by atoms with van der Waals surface area (Å²) in [6.07, 6.45) is 1.61. The third-order valence-electron chi connectivity index (χ3n) is 4.06. The first-order chi connectivity index (χ1) is 10.2. The summed E-state index contributed by atoms with van der Waals surface area (Å²) in [7, 11) is 0. The normalized spacial score (nSPS) is 19.1. The van der Waals surface area contributed by atoms with Gasteiger partial charge in [0.1, 0.15) is 0 Å². The average molecular weight is 343 g/mol. The molecule has 2 atom stereocenters. The van der Waals surface area contributed by atoms with Crippen LogP contribution in [-0.4, -0.2) is 40.9 Å². The highest BCUT2D eigenvalue weighted by atomic mass is 35.5. The summed E-state index contributed by atoms with van der Waals surface area (Å²) >= 11 is 1.94. The number of benzene rings is 1. The highest BCUT2D eigenvalue weighted by molar-refractivity contribution is 7.99. The molecule has 0 aromatic heterocycles. The molecule has 0 saturated carbocycles. The highest BCUT2D eigenvalue weighted by Crippen LogP contribution is 2.16. The molecule has 1 fully saturated rings. The molecule has 0 radical (unpaired) electrons. The molecule has 1 saturated heterocycles. The van der Waals surface area contributed by atoms with Gasteiger partial charge in [-0.15, -0.1) is 12.4 Å². The first kappa shape index (κ1) is 19.3. The van der Waals surface area contributed by atoms with E-state index < -0.39 is 0 Å². The maximum Gasteiger partial charge on any atom is 0.224 e. The Morgan fingerprint density at radius 2 is 2.14 bits per heavy atom. The van der Waals surface area contributed by atoms with Crippen LogP contribution in [0.4, 0.5) is 0 Å². The van der Waals surface area contributed by atoms with Gasteiger partial charge in [0.15, 0.2) is 0 Å². The van der Waals surface area contributed by atoms with E-state index in [1.807, 2.05) is 34.9 Å². The summed E-state index contributed by atoms with van der Waals surface area (Å²) in [5.41, 5.74) is 1.21. The number of hydrogen-bond acceptors (Lipinski definition) is 3. The van der Waals surface area contributed by atoms with E-state index in [2.05, 4.69) is 31.3 Å². The van der Waals surface area contributed by atoms with Crippen molar-refractivity contribution in [3.63, 3.8) is 0 Å². The van der Waals surface area contributed by atoms with Gasteiger partial charge < -0.3 is 10.2 Å². The Morgan fingerprint density at radius 1 is 1.41 bits per heavy atom. The van der Waals surface area contributed by atoms with E-state index in [1.165, 1.54) is 5.56 Å². The molecule has 22 heavy (non-hydrogen) atoms. The van der Waals surface area contributed by atoms with Crippen molar-refractivity contribution in [2.45, 2.75) is 45.3 Å². The zero-order valence-electron chi connectivity index (χ0n) is 13.5. The van der Waals surface area contributed by atoms with E-state index in [4.69, 9.17) is 0 Å². The molecule has 1 aliphatic rings. The van der Waals surface area contributed by atoms with E-state index >= 15 is 0 Å². The Kier molecular flexibility index (Phi) is 8.91. The number of carbonyl (C=O) groups is 1. The van der Waals surface area contributed by atoms with Crippen molar-refractivity contribution in [3.8, 4) is 0 Å². The van der Waals surface area contributed by atoms with Crippen molar-refractivity contribution in [2.75, 3.05) is 18.1 Å². The number of hydrogen-bond donors (Lipinski definition) is 1. The zero-order valence-corrected chi connectivity index (χ0v) is 15.1. The topological polar surface area (TPSA) is 32.3 Å². The van der Waals surface area contributed by atoms with Crippen LogP contribution >= 0.6 is 24.2 Å². The molecule has 0 bridgehead atoms.